The number of benzene rings is 1. The Hall–Kier alpha value is -2.03. The van der Waals surface area contributed by atoms with Gasteiger partial charge < -0.3 is 10.5 Å². The first-order chi connectivity index (χ1) is 8.16. The molecule has 1 aromatic carbocycles. The van der Waals surface area contributed by atoms with Crippen LogP contribution in [0, 0.1) is 13.8 Å². The smallest absolute Gasteiger partial charge is 0.125 e. The zero-order valence-corrected chi connectivity index (χ0v) is 10.1. The van der Waals surface area contributed by atoms with E-state index in [1.807, 2.05) is 38.1 Å². The molecule has 0 fully saturated rings. The van der Waals surface area contributed by atoms with Gasteiger partial charge in [0.2, 0.25) is 0 Å². The first-order valence-electron chi connectivity index (χ1n) is 5.56. The van der Waals surface area contributed by atoms with Crippen molar-refractivity contribution in [2.45, 2.75) is 20.5 Å². The minimum atomic E-state index is 0.513. The molecule has 0 spiro atoms. The summed E-state index contributed by atoms with van der Waals surface area (Å²) in [7, 11) is 0. The summed E-state index contributed by atoms with van der Waals surface area (Å²) in [6, 6.07) is 9.83. The van der Waals surface area contributed by atoms with Crippen LogP contribution in [0.3, 0.4) is 0 Å². The van der Waals surface area contributed by atoms with Gasteiger partial charge in [0.1, 0.15) is 18.2 Å². The molecule has 2 N–H and O–H groups in total. The van der Waals surface area contributed by atoms with Gasteiger partial charge in [-0.05, 0) is 31.0 Å². The molecule has 0 aliphatic carbocycles. The second kappa shape index (κ2) is 4.87. The van der Waals surface area contributed by atoms with Crippen LogP contribution in [0.4, 0.5) is 5.82 Å². The molecule has 1 heterocycles. The lowest BCUT2D eigenvalue weighted by Gasteiger charge is -2.11. The lowest BCUT2D eigenvalue weighted by atomic mass is 10.1. The fraction of sp³-hybridized carbons (Fsp3) is 0.214. The van der Waals surface area contributed by atoms with E-state index in [9.17, 15) is 0 Å². The standard InChI is InChI=1S/C14H16N2O/c1-10-4-3-5-11(2)14(10)17-9-12-6-7-13(15)16-8-12/h3-8H,9H2,1-2H3,(H2,15,16). The summed E-state index contributed by atoms with van der Waals surface area (Å²) >= 11 is 0. The van der Waals surface area contributed by atoms with Crippen LogP contribution in [0.15, 0.2) is 36.5 Å². The molecular formula is C14H16N2O. The molecule has 3 nitrogen and oxygen atoms in total. The van der Waals surface area contributed by atoms with E-state index in [1.54, 1.807) is 12.3 Å². The normalized spacial score (nSPS) is 10.2. The van der Waals surface area contributed by atoms with Crippen molar-refractivity contribution in [3.8, 4) is 5.75 Å². The van der Waals surface area contributed by atoms with Crippen LogP contribution in [0.1, 0.15) is 16.7 Å². The van der Waals surface area contributed by atoms with E-state index in [0.29, 0.717) is 12.4 Å². The zero-order chi connectivity index (χ0) is 12.3. The SMILES string of the molecule is Cc1cccc(C)c1OCc1ccc(N)nc1. The number of nitrogens with zero attached hydrogens (tertiary/aromatic N) is 1. The Kier molecular flexibility index (Phi) is 3.28. The summed E-state index contributed by atoms with van der Waals surface area (Å²) < 4.78 is 5.81. The Balaban J connectivity index is 2.10. The van der Waals surface area contributed by atoms with Crippen molar-refractivity contribution in [2.24, 2.45) is 0 Å². The van der Waals surface area contributed by atoms with Crippen molar-refractivity contribution in [3.05, 3.63) is 53.2 Å². The van der Waals surface area contributed by atoms with Crippen LogP contribution in [0.5, 0.6) is 5.75 Å². The van der Waals surface area contributed by atoms with E-state index in [0.717, 1.165) is 22.4 Å². The van der Waals surface area contributed by atoms with Gasteiger partial charge in [-0.1, -0.05) is 24.3 Å². The van der Waals surface area contributed by atoms with Crippen molar-refractivity contribution in [3.63, 3.8) is 0 Å². The molecule has 88 valence electrons. The number of pyridine rings is 1. The molecule has 0 bridgehead atoms. The molecule has 0 amide bonds. The van der Waals surface area contributed by atoms with Crippen molar-refractivity contribution in [2.75, 3.05) is 5.73 Å². The summed E-state index contributed by atoms with van der Waals surface area (Å²) in [6.07, 6.45) is 1.74. The number of para-hydroxylation sites is 1. The molecule has 3 heteroatoms. The molecule has 17 heavy (non-hydrogen) atoms. The van der Waals surface area contributed by atoms with Gasteiger partial charge in [0, 0.05) is 11.8 Å². The number of hydrogen-bond donors (Lipinski definition) is 1. The number of rotatable bonds is 3. The lowest BCUT2D eigenvalue weighted by Crippen LogP contribution is -2.00. The highest BCUT2D eigenvalue weighted by molar-refractivity contribution is 5.40. The Labute approximate surface area is 101 Å². The summed E-state index contributed by atoms with van der Waals surface area (Å²) in [4.78, 5) is 4.03. The lowest BCUT2D eigenvalue weighted by molar-refractivity contribution is 0.301. The summed E-state index contributed by atoms with van der Waals surface area (Å²) in [6.45, 7) is 4.60. The van der Waals surface area contributed by atoms with Crippen LogP contribution in [0.2, 0.25) is 0 Å². The third-order valence-electron chi connectivity index (χ3n) is 2.64. The van der Waals surface area contributed by atoms with Gasteiger partial charge in [-0.2, -0.15) is 0 Å². The third-order valence-corrected chi connectivity index (χ3v) is 2.64. The minimum absolute atomic E-state index is 0.513. The topological polar surface area (TPSA) is 48.1 Å². The number of hydrogen-bond acceptors (Lipinski definition) is 3. The predicted octanol–water partition coefficient (Wildman–Crippen LogP) is 2.86. The van der Waals surface area contributed by atoms with E-state index in [4.69, 9.17) is 10.5 Å². The molecular weight excluding hydrogens is 212 g/mol. The van der Waals surface area contributed by atoms with E-state index < -0.39 is 0 Å². The Bertz CT molecular complexity index is 486. The average molecular weight is 228 g/mol. The van der Waals surface area contributed by atoms with Gasteiger partial charge >= 0.3 is 0 Å². The maximum absolute atomic E-state index is 5.81. The molecule has 2 rings (SSSR count). The maximum atomic E-state index is 5.81. The van der Waals surface area contributed by atoms with Crippen molar-refractivity contribution < 1.29 is 4.74 Å². The van der Waals surface area contributed by atoms with Crippen molar-refractivity contribution in [1.29, 1.82) is 0 Å². The van der Waals surface area contributed by atoms with Crippen LogP contribution in [0.25, 0.3) is 0 Å². The molecule has 0 saturated carbocycles. The van der Waals surface area contributed by atoms with Gasteiger partial charge in [0.05, 0.1) is 0 Å². The summed E-state index contributed by atoms with van der Waals surface area (Å²) in [5, 5.41) is 0. The van der Waals surface area contributed by atoms with E-state index in [1.165, 1.54) is 0 Å². The van der Waals surface area contributed by atoms with Crippen LogP contribution in [-0.4, -0.2) is 4.98 Å². The van der Waals surface area contributed by atoms with Gasteiger partial charge in [-0.25, -0.2) is 4.98 Å². The highest BCUT2D eigenvalue weighted by atomic mass is 16.5. The van der Waals surface area contributed by atoms with Crippen molar-refractivity contribution >= 4 is 5.82 Å². The number of nitrogen functional groups attached to an aromatic ring is 1. The van der Waals surface area contributed by atoms with Gasteiger partial charge in [0.25, 0.3) is 0 Å². The molecule has 0 aliphatic heterocycles. The molecule has 0 aliphatic rings. The second-order valence-corrected chi connectivity index (χ2v) is 4.10. The molecule has 2 aromatic rings. The number of ether oxygens (including phenoxy) is 1. The Morgan fingerprint density at radius 2 is 1.82 bits per heavy atom. The highest BCUT2D eigenvalue weighted by Crippen LogP contribution is 2.23. The number of aryl methyl sites for hydroxylation is 2. The first-order valence-corrected chi connectivity index (χ1v) is 5.56. The second-order valence-electron chi connectivity index (χ2n) is 4.10. The van der Waals surface area contributed by atoms with E-state index >= 15 is 0 Å². The molecule has 0 unspecified atom stereocenters. The van der Waals surface area contributed by atoms with E-state index in [-0.39, 0.29) is 0 Å². The van der Waals surface area contributed by atoms with Crippen LogP contribution in [-0.2, 0) is 6.61 Å². The highest BCUT2D eigenvalue weighted by Gasteiger charge is 2.03. The monoisotopic (exact) mass is 228 g/mol. The third kappa shape index (κ3) is 2.75. The molecule has 0 atom stereocenters. The minimum Gasteiger partial charge on any atom is -0.488 e. The largest absolute Gasteiger partial charge is 0.488 e. The summed E-state index contributed by atoms with van der Waals surface area (Å²) in [5.41, 5.74) is 8.84. The average Bonchev–Trinajstić information content (AvgIpc) is 2.31. The Morgan fingerprint density at radius 3 is 2.41 bits per heavy atom. The summed E-state index contributed by atoms with van der Waals surface area (Å²) in [5.74, 6) is 1.48. The van der Waals surface area contributed by atoms with Crippen LogP contribution < -0.4 is 10.5 Å². The zero-order valence-electron chi connectivity index (χ0n) is 10.1. The van der Waals surface area contributed by atoms with Gasteiger partial charge in [-0.3, -0.25) is 0 Å². The first kappa shape index (κ1) is 11.5. The number of nitrogens with two attached hydrogens (primary N) is 1. The van der Waals surface area contributed by atoms with Crippen molar-refractivity contribution in [1.82, 2.24) is 4.98 Å². The number of aromatic nitrogens is 1. The predicted molar refractivity (Wildman–Crippen MR) is 68.9 cm³/mol. The number of anilines is 1. The van der Waals surface area contributed by atoms with E-state index in [2.05, 4.69) is 4.98 Å². The van der Waals surface area contributed by atoms with Crippen LogP contribution >= 0.6 is 0 Å². The quantitative estimate of drug-likeness (QED) is 0.878. The van der Waals surface area contributed by atoms with Gasteiger partial charge in [0.15, 0.2) is 0 Å². The molecule has 0 saturated heterocycles. The maximum Gasteiger partial charge on any atom is 0.125 e. The molecule has 0 radical (unpaired) electrons. The van der Waals surface area contributed by atoms with Gasteiger partial charge in [-0.15, -0.1) is 0 Å². The fourth-order valence-corrected chi connectivity index (χ4v) is 1.70. The Morgan fingerprint density at radius 1 is 1.12 bits per heavy atom. The molecule has 1 aromatic heterocycles. The fourth-order valence-electron chi connectivity index (χ4n) is 1.70.